The molecule has 1 rings (SSSR count). The highest BCUT2D eigenvalue weighted by Gasteiger charge is 2.12. The number of carbonyl (C=O) groups excluding carboxylic acids is 1. The van der Waals surface area contributed by atoms with Gasteiger partial charge in [-0.2, -0.15) is 0 Å². The van der Waals surface area contributed by atoms with Gasteiger partial charge < -0.3 is 5.32 Å². The average molecular weight is 305 g/mol. The first-order valence-electron chi connectivity index (χ1n) is 5.95. The number of hydrogen-bond acceptors (Lipinski definition) is 3. The van der Waals surface area contributed by atoms with Crippen molar-refractivity contribution in [2.75, 3.05) is 17.7 Å². The van der Waals surface area contributed by atoms with Crippen LogP contribution < -0.4 is 10.0 Å². The Kier molecular flexibility index (Phi) is 6.27. The minimum absolute atomic E-state index is 0.136. The number of benzene rings is 1. The van der Waals surface area contributed by atoms with Crippen LogP contribution in [0.15, 0.2) is 29.2 Å². The predicted octanol–water partition coefficient (Wildman–Crippen LogP) is 1.94. The van der Waals surface area contributed by atoms with Gasteiger partial charge in [0.15, 0.2) is 0 Å². The zero-order chi connectivity index (χ0) is 14.3. The number of alkyl halides is 1. The molecule has 0 aliphatic carbocycles. The fourth-order valence-corrected chi connectivity index (χ4v) is 2.62. The third-order valence-corrected chi connectivity index (χ3v) is 4.15. The van der Waals surface area contributed by atoms with Crippen LogP contribution in [0.25, 0.3) is 0 Å². The Balaban J connectivity index is 2.69. The van der Waals surface area contributed by atoms with Crippen LogP contribution in [0.5, 0.6) is 0 Å². The molecule has 106 valence electrons. The van der Waals surface area contributed by atoms with Crippen molar-refractivity contribution in [2.45, 2.75) is 24.7 Å². The number of rotatable bonds is 7. The molecular formula is C12H17ClN2O3S. The molecule has 1 aromatic rings. The quantitative estimate of drug-likeness (QED) is 0.756. The van der Waals surface area contributed by atoms with Crippen LogP contribution in [0.3, 0.4) is 0 Å². The highest BCUT2D eigenvalue weighted by molar-refractivity contribution is 7.89. The second-order valence-electron chi connectivity index (χ2n) is 3.87. The average Bonchev–Trinajstić information content (AvgIpc) is 2.37. The van der Waals surface area contributed by atoms with Crippen molar-refractivity contribution in [3.8, 4) is 0 Å². The summed E-state index contributed by atoms with van der Waals surface area (Å²) in [7, 11) is -3.45. The molecule has 0 fully saturated rings. The normalized spacial score (nSPS) is 11.3. The van der Waals surface area contributed by atoms with E-state index in [1.807, 2.05) is 0 Å². The van der Waals surface area contributed by atoms with Crippen LogP contribution in [0.4, 0.5) is 5.69 Å². The Morgan fingerprint density at radius 2 is 1.89 bits per heavy atom. The number of nitrogens with one attached hydrogen (secondary N) is 2. The summed E-state index contributed by atoms with van der Waals surface area (Å²) in [5, 5.41) is 2.67. The number of sulfonamides is 1. The molecule has 5 nitrogen and oxygen atoms in total. The van der Waals surface area contributed by atoms with E-state index in [1.165, 1.54) is 12.1 Å². The highest BCUT2D eigenvalue weighted by Crippen LogP contribution is 2.14. The maximum Gasteiger partial charge on any atom is 0.240 e. The molecule has 2 N–H and O–H groups in total. The first-order chi connectivity index (χ1) is 8.99. The summed E-state index contributed by atoms with van der Waals surface area (Å²) in [5.41, 5.74) is 0.565. The number of carbonyl (C=O) groups is 1. The molecule has 7 heteroatoms. The third-order valence-electron chi connectivity index (χ3n) is 2.32. The van der Waals surface area contributed by atoms with Gasteiger partial charge in [0, 0.05) is 24.5 Å². The molecule has 0 saturated carbocycles. The second-order valence-corrected chi connectivity index (χ2v) is 6.01. The molecule has 0 heterocycles. The SMILES string of the molecule is CCNS(=O)(=O)c1ccc(NC(=O)CCCCl)cc1. The van der Waals surface area contributed by atoms with Gasteiger partial charge in [0.1, 0.15) is 0 Å². The summed E-state index contributed by atoms with van der Waals surface area (Å²) < 4.78 is 25.8. The van der Waals surface area contributed by atoms with Crippen molar-refractivity contribution in [2.24, 2.45) is 0 Å². The van der Waals surface area contributed by atoms with E-state index in [0.29, 0.717) is 31.0 Å². The lowest BCUT2D eigenvalue weighted by Gasteiger charge is -2.07. The lowest BCUT2D eigenvalue weighted by molar-refractivity contribution is -0.116. The molecule has 0 saturated heterocycles. The Bertz CT molecular complexity index is 514. The van der Waals surface area contributed by atoms with Gasteiger partial charge in [0.25, 0.3) is 0 Å². The smallest absolute Gasteiger partial charge is 0.240 e. The lowest BCUT2D eigenvalue weighted by atomic mass is 10.3. The number of hydrogen-bond donors (Lipinski definition) is 2. The van der Waals surface area contributed by atoms with Gasteiger partial charge in [-0.15, -0.1) is 11.6 Å². The fraction of sp³-hybridized carbons (Fsp3) is 0.417. The third kappa shape index (κ3) is 5.18. The van der Waals surface area contributed by atoms with E-state index < -0.39 is 10.0 Å². The summed E-state index contributed by atoms with van der Waals surface area (Å²) in [6.45, 7) is 2.04. The zero-order valence-electron chi connectivity index (χ0n) is 10.6. The van der Waals surface area contributed by atoms with Crippen molar-refractivity contribution >= 4 is 33.2 Å². The van der Waals surface area contributed by atoms with E-state index in [9.17, 15) is 13.2 Å². The Labute approximate surface area is 118 Å². The van der Waals surface area contributed by atoms with Gasteiger partial charge >= 0.3 is 0 Å². The molecule has 1 aromatic carbocycles. The highest BCUT2D eigenvalue weighted by atomic mass is 35.5. The van der Waals surface area contributed by atoms with Gasteiger partial charge in [-0.05, 0) is 30.7 Å². The molecule has 0 radical (unpaired) electrons. The number of amides is 1. The summed E-state index contributed by atoms with van der Waals surface area (Å²) in [6, 6.07) is 6.02. The molecule has 0 bridgehead atoms. The summed E-state index contributed by atoms with van der Waals surface area (Å²) in [5.74, 6) is 0.302. The molecule has 0 atom stereocenters. The van der Waals surface area contributed by atoms with Gasteiger partial charge in [0.2, 0.25) is 15.9 Å². The Morgan fingerprint density at radius 1 is 1.26 bits per heavy atom. The molecule has 0 unspecified atom stereocenters. The van der Waals surface area contributed by atoms with Crippen LogP contribution in [-0.2, 0) is 14.8 Å². The summed E-state index contributed by atoms with van der Waals surface area (Å²) in [6.07, 6.45) is 0.960. The van der Waals surface area contributed by atoms with E-state index in [0.717, 1.165) is 0 Å². The van der Waals surface area contributed by atoms with E-state index in [-0.39, 0.29) is 10.8 Å². The first kappa shape index (κ1) is 15.9. The number of anilines is 1. The molecule has 0 aliphatic heterocycles. The topological polar surface area (TPSA) is 75.3 Å². The van der Waals surface area contributed by atoms with E-state index in [4.69, 9.17) is 11.6 Å². The Hall–Kier alpha value is -1.11. The van der Waals surface area contributed by atoms with E-state index >= 15 is 0 Å². The Morgan fingerprint density at radius 3 is 2.42 bits per heavy atom. The van der Waals surface area contributed by atoms with Crippen LogP contribution in [0.2, 0.25) is 0 Å². The van der Waals surface area contributed by atoms with Gasteiger partial charge in [-0.1, -0.05) is 6.92 Å². The summed E-state index contributed by atoms with van der Waals surface area (Å²) >= 11 is 5.50. The van der Waals surface area contributed by atoms with Crippen molar-refractivity contribution in [3.63, 3.8) is 0 Å². The summed E-state index contributed by atoms with van der Waals surface area (Å²) in [4.78, 5) is 11.6. The number of halogens is 1. The van der Waals surface area contributed by atoms with E-state index in [1.54, 1.807) is 19.1 Å². The van der Waals surface area contributed by atoms with Gasteiger partial charge in [-0.3, -0.25) is 4.79 Å². The molecule has 0 aromatic heterocycles. The van der Waals surface area contributed by atoms with Crippen molar-refractivity contribution in [1.82, 2.24) is 4.72 Å². The lowest BCUT2D eigenvalue weighted by Crippen LogP contribution is -2.23. The molecule has 0 aliphatic rings. The minimum Gasteiger partial charge on any atom is -0.326 e. The largest absolute Gasteiger partial charge is 0.326 e. The zero-order valence-corrected chi connectivity index (χ0v) is 12.2. The maximum absolute atomic E-state index is 11.7. The molecular weight excluding hydrogens is 288 g/mol. The standard InChI is InChI=1S/C12H17ClN2O3S/c1-2-14-19(17,18)11-7-5-10(6-8-11)15-12(16)4-3-9-13/h5-8,14H,2-4,9H2,1H3,(H,15,16). The fourth-order valence-electron chi connectivity index (χ4n) is 1.44. The first-order valence-corrected chi connectivity index (χ1v) is 7.97. The van der Waals surface area contributed by atoms with Crippen LogP contribution in [0.1, 0.15) is 19.8 Å². The molecule has 0 spiro atoms. The van der Waals surface area contributed by atoms with Crippen molar-refractivity contribution in [3.05, 3.63) is 24.3 Å². The maximum atomic E-state index is 11.7. The van der Waals surface area contributed by atoms with Crippen LogP contribution in [-0.4, -0.2) is 26.7 Å². The second kappa shape index (κ2) is 7.47. The van der Waals surface area contributed by atoms with Crippen LogP contribution in [0, 0.1) is 0 Å². The van der Waals surface area contributed by atoms with E-state index in [2.05, 4.69) is 10.0 Å². The predicted molar refractivity (Wildman–Crippen MR) is 75.9 cm³/mol. The van der Waals surface area contributed by atoms with Gasteiger partial charge in [0.05, 0.1) is 4.90 Å². The van der Waals surface area contributed by atoms with Crippen molar-refractivity contribution < 1.29 is 13.2 Å². The molecule has 19 heavy (non-hydrogen) atoms. The van der Waals surface area contributed by atoms with Gasteiger partial charge in [-0.25, -0.2) is 13.1 Å². The minimum atomic E-state index is -3.45. The molecule has 1 amide bonds. The van der Waals surface area contributed by atoms with Crippen LogP contribution >= 0.6 is 11.6 Å². The van der Waals surface area contributed by atoms with Crippen molar-refractivity contribution in [1.29, 1.82) is 0 Å². The monoisotopic (exact) mass is 304 g/mol.